The fourth-order valence-corrected chi connectivity index (χ4v) is 10.5. The number of hydrogen-bond donors (Lipinski definition) is 2. The third-order valence-corrected chi connectivity index (χ3v) is 14.0. The second-order valence-electron chi connectivity index (χ2n) is 19.5. The van der Waals surface area contributed by atoms with E-state index >= 15 is 0 Å². The second-order valence-corrected chi connectivity index (χ2v) is 20.5. The molecule has 8 aromatic carbocycles. The largest absolute Gasteiger partial charge is 0.457 e. The number of benzene rings is 8. The number of pyridine rings is 1. The number of nitrogens with one attached hydrogen (secondary N) is 2. The number of thiophene rings is 1. The summed E-state index contributed by atoms with van der Waals surface area (Å²) in [6.07, 6.45) is 1.94. The number of nitrogens with zero attached hydrogens (tertiary/aromatic N) is 2. The van der Waals surface area contributed by atoms with Crippen molar-refractivity contribution in [3.8, 4) is 39.6 Å². The molecule has 0 unspecified atom stereocenters. The van der Waals surface area contributed by atoms with Crippen molar-refractivity contribution in [3.05, 3.63) is 205 Å². The Balaban J connectivity index is 1.00. The van der Waals surface area contributed by atoms with Crippen molar-refractivity contribution < 1.29 is 4.74 Å². The molecule has 67 heavy (non-hydrogen) atoms. The lowest BCUT2D eigenvalue weighted by Gasteiger charge is -2.23. The molecule has 0 aliphatic rings. The lowest BCUT2D eigenvalue weighted by atomic mass is 9.86. The highest BCUT2D eigenvalue weighted by Gasteiger charge is 2.23. The minimum Gasteiger partial charge on any atom is -0.457 e. The van der Waals surface area contributed by atoms with Gasteiger partial charge in [0.2, 0.25) is 0 Å². The van der Waals surface area contributed by atoms with Gasteiger partial charge < -0.3 is 15.4 Å². The maximum Gasteiger partial charge on any atom is 0.137 e. The Morgan fingerprint density at radius 3 is 1.84 bits per heavy atom. The van der Waals surface area contributed by atoms with Gasteiger partial charge in [-0.3, -0.25) is 4.57 Å². The van der Waals surface area contributed by atoms with Gasteiger partial charge in [0.1, 0.15) is 17.3 Å². The van der Waals surface area contributed by atoms with E-state index < -0.39 is 0 Å². The zero-order valence-corrected chi connectivity index (χ0v) is 39.5. The van der Waals surface area contributed by atoms with Crippen molar-refractivity contribution >= 4 is 76.1 Å². The first-order chi connectivity index (χ1) is 32.5. The highest BCUT2D eigenvalue weighted by atomic mass is 32.1. The Hall–Kier alpha value is -7.67. The van der Waals surface area contributed by atoms with Crippen molar-refractivity contribution in [2.75, 3.05) is 10.6 Å². The normalized spacial score (nSPS) is 12.0. The zero-order valence-electron chi connectivity index (χ0n) is 38.7. The third kappa shape index (κ3) is 7.98. The Bertz CT molecular complexity index is 3570. The number of hydrogen-bond acceptors (Lipinski definition) is 5. The summed E-state index contributed by atoms with van der Waals surface area (Å²) < 4.78 is 11.9. The molecule has 0 amide bonds. The van der Waals surface area contributed by atoms with Gasteiger partial charge in [-0.25, -0.2) is 4.98 Å². The molecule has 0 radical (unpaired) electrons. The van der Waals surface area contributed by atoms with E-state index in [-0.39, 0.29) is 10.8 Å². The molecular formula is C61H52N4OS. The number of rotatable bonds is 9. The van der Waals surface area contributed by atoms with Gasteiger partial charge in [-0.1, -0.05) is 157 Å². The molecule has 6 heteroatoms. The maximum atomic E-state index is 6.97. The topological polar surface area (TPSA) is 51.1 Å². The highest BCUT2D eigenvalue weighted by Crippen LogP contribution is 2.46. The lowest BCUT2D eigenvalue weighted by molar-refractivity contribution is 0.479. The molecule has 3 aromatic heterocycles. The zero-order chi connectivity index (χ0) is 45.9. The van der Waals surface area contributed by atoms with Crippen LogP contribution in [0.5, 0.6) is 11.5 Å². The Labute approximate surface area is 396 Å². The maximum absolute atomic E-state index is 6.97. The molecule has 11 rings (SSSR count). The standard InChI is InChI=1S/C61H52N4OS/c1-60(2,3)41-32-33-62-56(36-41)65-53-31-30-49-48-22-13-16-27-55(48)67-59(49)57(53)50-29-28-44(38-54(50)65)66-45-35-42(61(4,5)6)34-43(37-45)63-51-25-14-15-26-52(51)64-58-46(39-18-9-7-10-19-39)23-17-24-47(58)40-20-11-8-12-21-40/h7-38,63-64H,1-6H3. The van der Waals surface area contributed by atoms with E-state index in [0.29, 0.717) is 0 Å². The summed E-state index contributed by atoms with van der Waals surface area (Å²) in [4.78, 5) is 5.01. The summed E-state index contributed by atoms with van der Waals surface area (Å²) in [5.74, 6) is 2.39. The number of fused-ring (bicyclic) bond motifs is 7. The van der Waals surface area contributed by atoms with Crippen LogP contribution in [0.3, 0.4) is 0 Å². The van der Waals surface area contributed by atoms with Crippen LogP contribution in [0.25, 0.3) is 70.0 Å². The molecule has 0 bridgehead atoms. The van der Waals surface area contributed by atoms with Crippen molar-refractivity contribution in [3.63, 3.8) is 0 Å². The minimum atomic E-state index is -0.150. The van der Waals surface area contributed by atoms with Crippen molar-refractivity contribution in [2.24, 2.45) is 0 Å². The van der Waals surface area contributed by atoms with Crippen LogP contribution >= 0.6 is 11.3 Å². The Morgan fingerprint density at radius 1 is 0.493 bits per heavy atom. The summed E-state index contributed by atoms with van der Waals surface area (Å²) in [5, 5.41) is 12.7. The van der Waals surface area contributed by atoms with Gasteiger partial charge in [-0.15, -0.1) is 11.3 Å². The SMILES string of the molecule is CC(C)(C)c1cc(Nc2ccccc2Nc2c(-c3ccccc3)cccc2-c2ccccc2)cc(Oc2ccc3c4c5sc6ccccc6c5ccc4n(-c4cc(C(C)(C)C)ccn4)c3c2)c1. The summed E-state index contributed by atoms with van der Waals surface area (Å²) in [7, 11) is 0. The molecule has 0 spiro atoms. The third-order valence-electron chi connectivity index (χ3n) is 12.8. The van der Waals surface area contributed by atoms with E-state index in [0.717, 1.165) is 78.9 Å². The van der Waals surface area contributed by atoms with Crippen LogP contribution in [0, 0.1) is 0 Å². The average Bonchev–Trinajstić information content (AvgIpc) is 3.88. The van der Waals surface area contributed by atoms with Gasteiger partial charge in [-0.2, -0.15) is 0 Å². The summed E-state index contributed by atoms with van der Waals surface area (Å²) in [5.41, 5.74) is 12.8. The first-order valence-electron chi connectivity index (χ1n) is 23.0. The van der Waals surface area contributed by atoms with Crippen LogP contribution in [0.15, 0.2) is 194 Å². The fourth-order valence-electron chi connectivity index (χ4n) is 9.27. The van der Waals surface area contributed by atoms with Gasteiger partial charge >= 0.3 is 0 Å². The number of aromatic nitrogens is 2. The average molecular weight is 889 g/mol. The fraction of sp³-hybridized carbons (Fsp3) is 0.131. The first kappa shape index (κ1) is 42.0. The van der Waals surface area contributed by atoms with Crippen molar-refractivity contribution in [1.82, 2.24) is 9.55 Å². The summed E-state index contributed by atoms with van der Waals surface area (Å²) >= 11 is 1.86. The van der Waals surface area contributed by atoms with Crippen LogP contribution in [-0.4, -0.2) is 9.55 Å². The van der Waals surface area contributed by atoms with Crippen LogP contribution in [-0.2, 0) is 10.8 Å². The van der Waals surface area contributed by atoms with E-state index in [1.54, 1.807) is 0 Å². The highest BCUT2D eigenvalue weighted by molar-refractivity contribution is 7.26. The molecular weight excluding hydrogens is 837 g/mol. The molecule has 11 aromatic rings. The van der Waals surface area contributed by atoms with Crippen LogP contribution < -0.4 is 15.4 Å². The smallest absolute Gasteiger partial charge is 0.137 e. The van der Waals surface area contributed by atoms with E-state index in [4.69, 9.17) is 9.72 Å². The van der Waals surface area contributed by atoms with Gasteiger partial charge in [-0.05, 0) is 93.7 Å². The predicted molar refractivity (Wildman–Crippen MR) is 286 cm³/mol. The molecule has 0 saturated carbocycles. The molecule has 0 atom stereocenters. The van der Waals surface area contributed by atoms with Gasteiger partial charge in [0.15, 0.2) is 0 Å². The lowest BCUT2D eigenvalue weighted by Crippen LogP contribution is -2.12. The van der Waals surface area contributed by atoms with E-state index in [1.165, 1.54) is 36.5 Å². The molecule has 0 fully saturated rings. The predicted octanol–water partition coefficient (Wildman–Crippen LogP) is 17.8. The van der Waals surface area contributed by atoms with Crippen LogP contribution in [0.1, 0.15) is 52.7 Å². The second kappa shape index (κ2) is 16.6. The summed E-state index contributed by atoms with van der Waals surface area (Å²) in [6, 6.07) is 66.8. The van der Waals surface area contributed by atoms with Gasteiger partial charge in [0, 0.05) is 66.1 Å². The van der Waals surface area contributed by atoms with Crippen LogP contribution in [0.4, 0.5) is 22.7 Å². The van der Waals surface area contributed by atoms with Gasteiger partial charge in [0.25, 0.3) is 0 Å². The van der Waals surface area contributed by atoms with Crippen molar-refractivity contribution in [1.29, 1.82) is 0 Å². The van der Waals surface area contributed by atoms with Crippen LogP contribution in [0.2, 0.25) is 0 Å². The van der Waals surface area contributed by atoms with E-state index in [2.05, 4.69) is 245 Å². The minimum absolute atomic E-state index is 0.0401. The van der Waals surface area contributed by atoms with E-state index in [1.807, 2.05) is 17.5 Å². The molecule has 0 aliphatic carbocycles. The quantitative estimate of drug-likeness (QED) is 0.152. The number of ether oxygens (including phenoxy) is 1. The first-order valence-corrected chi connectivity index (χ1v) is 23.8. The van der Waals surface area contributed by atoms with E-state index in [9.17, 15) is 0 Å². The molecule has 0 aliphatic heterocycles. The Kier molecular flexibility index (Phi) is 10.4. The molecule has 3 heterocycles. The molecule has 0 saturated heterocycles. The monoisotopic (exact) mass is 888 g/mol. The molecule has 5 nitrogen and oxygen atoms in total. The van der Waals surface area contributed by atoms with Gasteiger partial charge in [0.05, 0.1) is 28.1 Å². The Morgan fingerprint density at radius 2 is 1.13 bits per heavy atom. The molecule has 2 N–H and O–H groups in total. The summed E-state index contributed by atoms with van der Waals surface area (Å²) in [6.45, 7) is 13.5. The number of anilines is 4. The molecule has 328 valence electrons. The van der Waals surface area contributed by atoms with Crippen molar-refractivity contribution in [2.45, 2.75) is 52.4 Å². The number of para-hydroxylation sites is 3.